The normalized spacial score (nSPS) is 24.9. The van der Waals surface area contributed by atoms with Crippen molar-refractivity contribution in [2.24, 2.45) is 11.8 Å². The van der Waals surface area contributed by atoms with E-state index in [1.165, 1.54) is 18.4 Å². The van der Waals surface area contributed by atoms with Gasteiger partial charge in [0.15, 0.2) is 5.71 Å². The first-order valence-electron chi connectivity index (χ1n) is 12.9. The van der Waals surface area contributed by atoms with Crippen LogP contribution < -0.4 is 5.32 Å². The quantitative estimate of drug-likeness (QED) is 0.592. The highest BCUT2D eigenvalue weighted by molar-refractivity contribution is 5.92. The van der Waals surface area contributed by atoms with Crippen molar-refractivity contribution in [1.82, 2.24) is 5.32 Å². The Balaban J connectivity index is 1.44. The highest BCUT2D eigenvalue weighted by Gasteiger charge is 2.47. The number of nitrogens with zero attached hydrogens (tertiary/aromatic N) is 1. The molecule has 1 amide bonds. The van der Waals surface area contributed by atoms with E-state index in [9.17, 15) is 15.0 Å². The topological polar surface area (TPSA) is 72.6 Å². The van der Waals surface area contributed by atoms with Gasteiger partial charge in [0.1, 0.15) is 24.4 Å². The van der Waals surface area contributed by atoms with E-state index in [1.54, 1.807) is 6.07 Å². The third kappa shape index (κ3) is 5.20. The number of carbonyl (C=O) groups excluding carboxylic acids is 1. The lowest BCUT2D eigenvalue weighted by Crippen LogP contribution is -2.51. The van der Waals surface area contributed by atoms with Crippen molar-refractivity contribution in [1.29, 1.82) is 0 Å². The van der Waals surface area contributed by atoms with Crippen LogP contribution in [0.15, 0.2) is 42.5 Å². The summed E-state index contributed by atoms with van der Waals surface area (Å²) in [4.78, 5) is 13.4. The maximum Gasteiger partial charge on any atom is 0.223 e. The minimum atomic E-state index is -0.960. The number of hydrogen-bond donors (Lipinski definition) is 3. The average Bonchev–Trinajstić information content (AvgIpc) is 3.62. The minimum Gasteiger partial charge on any atom is -0.508 e. The predicted octanol–water partition coefficient (Wildman–Crippen LogP) is 3.90. The predicted molar refractivity (Wildman–Crippen MR) is 133 cm³/mol. The lowest BCUT2D eigenvalue weighted by atomic mass is 9.78. The summed E-state index contributed by atoms with van der Waals surface area (Å²) in [7, 11) is 0. The van der Waals surface area contributed by atoms with Gasteiger partial charge in [-0.25, -0.2) is 4.58 Å². The van der Waals surface area contributed by atoms with E-state index in [2.05, 4.69) is 28.9 Å². The average molecular weight is 462 g/mol. The second kappa shape index (κ2) is 9.53. The third-order valence-corrected chi connectivity index (χ3v) is 7.96. The van der Waals surface area contributed by atoms with Crippen LogP contribution in [0.4, 0.5) is 0 Å². The van der Waals surface area contributed by atoms with Crippen molar-refractivity contribution >= 4 is 11.6 Å². The van der Waals surface area contributed by atoms with Crippen molar-refractivity contribution in [3.63, 3.8) is 0 Å². The number of aryl methyl sites for hydroxylation is 2. The molecule has 34 heavy (non-hydrogen) atoms. The molecule has 2 aliphatic carbocycles. The van der Waals surface area contributed by atoms with Crippen LogP contribution in [0.3, 0.4) is 0 Å². The molecule has 2 aromatic carbocycles. The van der Waals surface area contributed by atoms with Gasteiger partial charge in [-0.2, -0.15) is 0 Å². The maximum atomic E-state index is 13.4. The van der Waals surface area contributed by atoms with Crippen LogP contribution in [-0.2, 0) is 24.2 Å². The summed E-state index contributed by atoms with van der Waals surface area (Å²) in [5.74, 6) is 0.725. The first-order valence-corrected chi connectivity index (χ1v) is 12.9. The molecule has 2 unspecified atom stereocenters. The first kappa shape index (κ1) is 23.1. The van der Waals surface area contributed by atoms with Crippen LogP contribution in [0.1, 0.15) is 60.8 Å². The Morgan fingerprint density at radius 1 is 1.12 bits per heavy atom. The van der Waals surface area contributed by atoms with E-state index in [1.807, 2.05) is 24.3 Å². The zero-order valence-electron chi connectivity index (χ0n) is 20.2. The minimum absolute atomic E-state index is 0.0104. The summed E-state index contributed by atoms with van der Waals surface area (Å²) in [6.45, 7) is 4.54. The Morgan fingerprint density at radius 3 is 2.68 bits per heavy atom. The zero-order valence-corrected chi connectivity index (χ0v) is 20.2. The summed E-state index contributed by atoms with van der Waals surface area (Å²) in [6, 6.07) is 13.8. The Hall–Kier alpha value is -2.66. The Bertz CT molecular complexity index is 1090. The van der Waals surface area contributed by atoms with Crippen molar-refractivity contribution in [3.8, 4) is 5.75 Å². The van der Waals surface area contributed by atoms with Crippen molar-refractivity contribution < 1.29 is 19.6 Å². The zero-order chi connectivity index (χ0) is 23.7. The summed E-state index contributed by atoms with van der Waals surface area (Å²) >= 11 is 0. The number of rotatable bonds is 5. The second-order valence-electron chi connectivity index (χ2n) is 10.7. The molecule has 3 N–H and O–H groups in total. The van der Waals surface area contributed by atoms with Crippen LogP contribution in [0, 0.1) is 18.8 Å². The van der Waals surface area contributed by atoms with Crippen LogP contribution in [0.25, 0.3) is 0 Å². The molecular formula is C29H37N2O3+. The highest BCUT2D eigenvalue weighted by Crippen LogP contribution is 2.36. The Labute approximate surface area is 202 Å². The number of benzene rings is 2. The van der Waals surface area contributed by atoms with Gasteiger partial charge in [-0.15, -0.1) is 0 Å². The fraction of sp³-hybridized carbons (Fsp3) is 0.517. The number of nitrogens with one attached hydrogen (secondary N) is 1. The SMILES string of the molecule is Cc1ccc(CNC(=O)C2CCc3cc(O)ccc3CC3=[N+](CC4CC4)CCCC3(O)C2)cc1. The van der Waals surface area contributed by atoms with Gasteiger partial charge in [-0.1, -0.05) is 35.9 Å². The van der Waals surface area contributed by atoms with Crippen LogP contribution in [0.2, 0.25) is 0 Å². The standard InChI is InChI=1S/C29H36N2O3/c1-20-3-5-21(6-4-20)18-30-28(33)25-10-9-23-15-26(32)12-11-24(23)16-27-29(34,17-25)13-2-14-31(27)19-22-7-8-22/h3-6,11-12,15,22,25,34H,2,7-10,13-14,16-19H2,1H3,(H-,30,32,33)/p+1. The molecule has 5 rings (SSSR count). The summed E-state index contributed by atoms with van der Waals surface area (Å²) in [5, 5.41) is 25.3. The maximum absolute atomic E-state index is 13.4. The molecule has 3 aliphatic rings. The van der Waals surface area contributed by atoms with Gasteiger partial charge in [0.2, 0.25) is 5.91 Å². The molecule has 2 aromatic rings. The molecule has 0 spiro atoms. The molecule has 1 saturated carbocycles. The second-order valence-corrected chi connectivity index (χ2v) is 10.7. The largest absolute Gasteiger partial charge is 0.508 e. The van der Waals surface area contributed by atoms with Crippen LogP contribution in [0.5, 0.6) is 5.75 Å². The summed E-state index contributed by atoms with van der Waals surface area (Å²) in [6.07, 6.45) is 6.74. The number of phenols is 1. The molecule has 0 radical (unpaired) electrons. The Kier molecular flexibility index (Phi) is 6.48. The highest BCUT2D eigenvalue weighted by atomic mass is 16.3. The summed E-state index contributed by atoms with van der Waals surface area (Å²) < 4.78 is 2.42. The molecule has 1 heterocycles. The number of amides is 1. The van der Waals surface area contributed by atoms with Crippen LogP contribution in [-0.4, -0.2) is 45.1 Å². The van der Waals surface area contributed by atoms with E-state index >= 15 is 0 Å². The molecule has 1 fully saturated rings. The van der Waals surface area contributed by atoms with Crippen molar-refractivity contribution in [2.45, 2.75) is 70.4 Å². The summed E-state index contributed by atoms with van der Waals surface area (Å²) in [5.41, 5.74) is 4.65. The molecule has 0 saturated heterocycles. The number of fused-ring (bicyclic) bond motifs is 2. The fourth-order valence-electron chi connectivity index (χ4n) is 5.75. The third-order valence-electron chi connectivity index (χ3n) is 7.96. The monoisotopic (exact) mass is 461 g/mol. The lowest BCUT2D eigenvalue weighted by Gasteiger charge is -2.34. The van der Waals surface area contributed by atoms with Gasteiger partial charge in [-0.3, -0.25) is 4.79 Å². The van der Waals surface area contributed by atoms with Gasteiger partial charge >= 0.3 is 0 Å². The van der Waals surface area contributed by atoms with Crippen molar-refractivity contribution in [3.05, 3.63) is 64.7 Å². The fourth-order valence-corrected chi connectivity index (χ4v) is 5.75. The molecular weight excluding hydrogens is 424 g/mol. The molecule has 5 nitrogen and oxygen atoms in total. The van der Waals surface area contributed by atoms with Crippen molar-refractivity contribution in [2.75, 3.05) is 13.1 Å². The van der Waals surface area contributed by atoms with E-state index in [4.69, 9.17) is 0 Å². The Morgan fingerprint density at radius 2 is 1.91 bits per heavy atom. The van der Waals surface area contributed by atoms with E-state index in [0.29, 0.717) is 32.2 Å². The molecule has 2 atom stereocenters. The van der Waals surface area contributed by atoms with Gasteiger partial charge in [-0.05, 0) is 74.3 Å². The number of aliphatic hydroxyl groups is 1. The van der Waals surface area contributed by atoms with Gasteiger partial charge in [0, 0.05) is 24.8 Å². The number of carbonyl (C=O) groups is 1. The number of hydrogen-bond acceptors (Lipinski definition) is 3. The molecule has 1 aliphatic heterocycles. The smallest absolute Gasteiger partial charge is 0.223 e. The molecule has 0 bridgehead atoms. The molecule has 5 heteroatoms. The number of aromatic hydroxyl groups is 1. The van der Waals surface area contributed by atoms with E-state index in [0.717, 1.165) is 54.3 Å². The van der Waals surface area contributed by atoms with Gasteiger partial charge < -0.3 is 15.5 Å². The lowest BCUT2D eigenvalue weighted by molar-refractivity contribution is -0.542. The first-order chi connectivity index (χ1) is 16.4. The molecule has 0 aromatic heterocycles. The number of phenolic OH excluding ortho intramolecular Hbond substituents is 1. The van der Waals surface area contributed by atoms with Gasteiger partial charge in [0.05, 0.1) is 6.42 Å². The van der Waals surface area contributed by atoms with E-state index in [-0.39, 0.29) is 17.6 Å². The van der Waals surface area contributed by atoms with Crippen LogP contribution >= 0.6 is 0 Å². The molecule has 180 valence electrons. The van der Waals surface area contributed by atoms with Gasteiger partial charge in [0.25, 0.3) is 0 Å². The van der Waals surface area contributed by atoms with E-state index < -0.39 is 5.60 Å².